The molecule has 1 aliphatic heterocycles. The number of carbonyl (C=O) groups is 2. The number of nitrogens with one attached hydrogen (secondary N) is 2. The van der Waals surface area contributed by atoms with Gasteiger partial charge < -0.3 is 19.2 Å². The van der Waals surface area contributed by atoms with Gasteiger partial charge >= 0.3 is 18.3 Å². The van der Waals surface area contributed by atoms with Crippen LogP contribution >= 0.6 is 11.3 Å². The summed E-state index contributed by atoms with van der Waals surface area (Å²) in [6.07, 6.45) is -2.29. The lowest BCUT2D eigenvalue weighted by molar-refractivity contribution is -0.140. The molecule has 1 saturated heterocycles. The number of urea groups is 1. The lowest BCUT2D eigenvalue weighted by atomic mass is 10.0. The molecule has 4 aromatic heterocycles. The van der Waals surface area contributed by atoms with E-state index in [1.54, 1.807) is 39.8 Å². The number of aromatic nitrogens is 5. The van der Waals surface area contributed by atoms with E-state index in [2.05, 4.69) is 35.8 Å². The Morgan fingerprint density at radius 3 is 2.67 bits per heavy atom. The molecule has 238 valence electrons. The Hall–Kier alpha value is -4.64. The minimum absolute atomic E-state index is 0.0409. The molecule has 45 heavy (non-hydrogen) atoms. The fraction of sp³-hybridized carbons (Fsp3) is 0.393. The number of halogens is 3. The molecule has 1 atom stereocenters. The van der Waals surface area contributed by atoms with Gasteiger partial charge in [0, 0.05) is 42.0 Å². The molecule has 0 bridgehead atoms. The second kappa shape index (κ2) is 12.8. The van der Waals surface area contributed by atoms with E-state index < -0.39 is 35.6 Å². The van der Waals surface area contributed by atoms with Crippen molar-refractivity contribution in [3.8, 4) is 33.3 Å². The van der Waals surface area contributed by atoms with E-state index in [-0.39, 0.29) is 41.5 Å². The van der Waals surface area contributed by atoms with E-state index in [4.69, 9.17) is 13.9 Å². The van der Waals surface area contributed by atoms with Crippen LogP contribution in [0, 0.1) is 0 Å². The zero-order chi connectivity index (χ0) is 32.4. The Balaban J connectivity index is 1.48. The summed E-state index contributed by atoms with van der Waals surface area (Å²) in [5, 5.41) is 14.4. The number of hydrogen-bond donors (Lipinski definition) is 2. The Morgan fingerprint density at radius 2 is 1.96 bits per heavy atom. The minimum atomic E-state index is -4.63. The van der Waals surface area contributed by atoms with Crippen LogP contribution < -0.4 is 10.6 Å². The maximum Gasteiger partial charge on any atom is 0.434 e. The third kappa shape index (κ3) is 7.54. The summed E-state index contributed by atoms with van der Waals surface area (Å²) in [6.45, 7) is 8.10. The molecule has 13 nitrogen and oxygen atoms in total. The number of anilines is 1. The maximum atomic E-state index is 13.4. The number of rotatable bonds is 6. The molecule has 3 amide bonds. The van der Waals surface area contributed by atoms with E-state index in [0.29, 0.717) is 29.8 Å². The van der Waals surface area contributed by atoms with E-state index in [0.717, 1.165) is 16.7 Å². The van der Waals surface area contributed by atoms with Gasteiger partial charge in [0.15, 0.2) is 5.69 Å². The van der Waals surface area contributed by atoms with Gasteiger partial charge in [0.2, 0.25) is 5.89 Å². The molecule has 5 heterocycles. The van der Waals surface area contributed by atoms with Gasteiger partial charge in [-0.15, -0.1) is 21.5 Å². The molecule has 4 aromatic rings. The van der Waals surface area contributed by atoms with Gasteiger partial charge in [-0.1, -0.05) is 0 Å². The van der Waals surface area contributed by atoms with Gasteiger partial charge in [0.1, 0.15) is 28.2 Å². The van der Waals surface area contributed by atoms with E-state index >= 15 is 0 Å². The van der Waals surface area contributed by atoms with Crippen LogP contribution in [0.1, 0.15) is 45.3 Å². The van der Waals surface area contributed by atoms with Crippen molar-refractivity contribution in [1.82, 2.24) is 35.4 Å². The van der Waals surface area contributed by atoms with Crippen LogP contribution in [-0.4, -0.2) is 74.1 Å². The molecule has 1 aliphatic rings. The number of morpholine rings is 1. The lowest BCUT2D eigenvalue weighted by Gasteiger charge is -2.34. The quantitative estimate of drug-likeness (QED) is 0.263. The van der Waals surface area contributed by atoms with Crippen molar-refractivity contribution in [2.75, 3.05) is 31.6 Å². The van der Waals surface area contributed by atoms with Crippen molar-refractivity contribution in [1.29, 1.82) is 0 Å². The summed E-state index contributed by atoms with van der Waals surface area (Å²) >= 11 is 0.804. The number of alkyl halides is 3. The standard InChI is InChI=1S/C28H29F3N8O5S/c1-5-32-25(40)36-21-11-16(24-35-20(14-45-24)28(29,30)31)17(12-34-21)15-6-7-33-18(10-15)22-37-38-23(43-22)19-13-42-9-8-39(19)26(41)44-27(2,3)4/h6-7,10-12,14,19H,5,8-9,13H2,1-4H3,(H2,32,34,36,40). The molecule has 2 N–H and O–H groups in total. The first-order chi connectivity index (χ1) is 21.3. The van der Waals surface area contributed by atoms with Crippen LogP contribution in [0.25, 0.3) is 33.3 Å². The minimum Gasteiger partial charge on any atom is -0.444 e. The van der Waals surface area contributed by atoms with Crippen molar-refractivity contribution in [2.45, 2.75) is 45.5 Å². The van der Waals surface area contributed by atoms with Gasteiger partial charge in [0.05, 0.1) is 13.2 Å². The van der Waals surface area contributed by atoms with Crippen molar-refractivity contribution in [3.63, 3.8) is 0 Å². The summed E-state index contributed by atoms with van der Waals surface area (Å²) in [5.41, 5.74) is -0.261. The molecular formula is C28H29F3N8O5S. The molecule has 0 radical (unpaired) electrons. The van der Waals surface area contributed by atoms with Crippen molar-refractivity contribution >= 4 is 29.3 Å². The number of pyridine rings is 2. The number of ether oxygens (including phenoxy) is 2. The maximum absolute atomic E-state index is 13.4. The second-order valence-corrected chi connectivity index (χ2v) is 11.6. The number of carbonyl (C=O) groups excluding carboxylic acids is 2. The van der Waals surface area contributed by atoms with Crippen molar-refractivity contribution in [2.24, 2.45) is 0 Å². The number of nitrogens with zero attached hydrogens (tertiary/aromatic N) is 6. The summed E-state index contributed by atoms with van der Waals surface area (Å²) < 4.78 is 57.2. The van der Waals surface area contributed by atoms with Gasteiger partial charge in [-0.25, -0.2) is 19.6 Å². The highest BCUT2D eigenvalue weighted by atomic mass is 32.1. The highest BCUT2D eigenvalue weighted by Gasteiger charge is 2.36. The largest absolute Gasteiger partial charge is 0.444 e. The zero-order valence-corrected chi connectivity index (χ0v) is 25.5. The van der Waals surface area contributed by atoms with Crippen LogP contribution in [-0.2, 0) is 15.7 Å². The molecule has 0 aliphatic carbocycles. The van der Waals surface area contributed by atoms with E-state index in [1.807, 2.05) is 0 Å². The van der Waals surface area contributed by atoms with Crippen molar-refractivity contribution < 1.29 is 36.7 Å². The van der Waals surface area contributed by atoms with Crippen LogP contribution in [0.4, 0.5) is 28.6 Å². The fourth-order valence-electron chi connectivity index (χ4n) is 4.31. The SMILES string of the molecule is CCNC(=O)Nc1cc(-c2nc(C(F)(F)F)cs2)c(-c2ccnc(-c3nnc(C4COCCN4C(=O)OC(C)(C)C)o3)c2)cn1. The average molecular weight is 647 g/mol. The molecular weight excluding hydrogens is 617 g/mol. The number of amides is 3. The normalized spacial score (nSPS) is 15.5. The van der Waals surface area contributed by atoms with E-state index in [9.17, 15) is 22.8 Å². The molecule has 5 rings (SSSR count). The smallest absolute Gasteiger partial charge is 0.434 e. The summed E-state index contributed by atoms with van der Waals surface area (Å²) in [4.78, 5) is 38.8. The predicted octanol–water partition coefficient (Wildman–Crippen LogP) is 5.79. The van der Waals surface area contributed by atoms with Gasteiger partial charge in [-0.3, -0.25) is 15.2 Å². The topological polar surface area (TPSA) is 157 Å². The highest BCUT2D eigenvalue weighted by molar-refractivity contribution is 7.13. The first-order valence-electron chi connectivity index (χ1n) is 13.8. The Kier molecular flexibility index (Phi) is 9.01. The van der Waals surface area contributed by atoms with Gasteiger partial charge in [-0.2, -0.15) is 13.2 Å². The van der Waals surface area contributed by atoms with Gasteiger partial charge in [-0.05, 0) is 51.5 Å². The zero-order valence-electron chi connectivity index (χ0n) is 24.6. The first kappa shape index (κ1) is 31.8. The Bertz CT molecular complexity index is 1690. The van der Waals surface area contributed by atoms with Crippen molar-refractivity contribution in [3.05, 3.63) is 47.6 Å². The monoisotopic (exact) mass is 646 g/mol. The lowest BCUT2D eigenvalue weighted by Crippen LogP contribution is -2.45. The average Bonchev–Trinajstić information content (AvgIpc) is 3.68. The molecule has 17 heteroatoms. The summed E-state index contributed by atoms with van der Waals surface area (Å²) in [7, 11) is 0. The van der Waals surface area contributed by atoms with Crippen LogP contribution in [0.5, 0.6) is 0 Å². The number of thiazole rings is 1. The molecule has 1 fully saturated rings. The molecule has 0 saturated carbocycles. The highest BCUT2D eigenvalue weighted by Crippen LogP contribution is 2.39. The number of hydrogen-bond acceptors (Lipinski definition) is 11. The van der Waals surface area contributed by atoms with Crippen LogP contribution in [0.15, 0.2) is 40.4 Å². The third-order valence-corrected chi connectivity index (χ3v) is 7.16. The van der Waals surface area contributed by atoms with E-state index in [1.165, 1.54) is 23.4 Å². The second-order valence-electron chi connectivity index (χ2n) is 10.8. The Labute approximate surface area is 259 Å². The molecule has 0 spiro atoms. The fourth-order valence-corrected chi connectivity index (χ4v) is 5.17. The first-order valence-corrected chi connectivity index (χ1v) is 14.7. The van der Waals surface area contributed by atoms with Crippen LogP contribution in [0.2, 0.25) is 0 Å². The summed E-state index contributed by atoms with van der Waals surface area (Å²) in [6, 6.07) is 3.48. The summed E-state index contributed by atoms with van der Waals surface area (Å²) in [5.74, 6) is 0.274. The van der Waals surface area contributed by atoms with Gasteiger partial charge in [0.25, 0.3) is 5.89 Å². The van der Waals surface area contributed by atoms with Crippen LogP contribution in [0.3, 0.4) is 0 Å². The molecule has 1 unspecified atom stereocenters. The molecule has 0 aromatic carbocycles. The third-order valence-electron chi connectivity index (χ3n) is 6.28. The predicted molar refractivity (Wildman–Crippen MR) is 156 cm³/mol. The Morgan fingerprint density at radius 1 is 1.16 bits per heavy atom.